The predicted molar refractivity (Wildman–Crippen MR) is 71.3 cm³/mol. The fourth-order valence-electron chi connectivity index (χ4n) is 2.24. The van der Waals surface area contributed by atoms with Gasteiger partial charge in [-0.2, -0.15) is 0 Å². The van der Waals surface area contributed by atoms with Gasteiger partial charge < -0.3 is 4.74 Å². The van der Waals surface area contributed by atoms with Crippen molar-refractivity contribution in [3.05, 3.63) is 29.8 Å². The summed E-state index contributed by atoms with van der Waals surface area (Å²) in [4.78, 5) is 0.596. The van der Waals surface area contributed by atoms with Gasteiger partial charge in [0.1, 0.15) is 11.9 Å². The third kappa shape index (κ3) is 1.88. The zero-order chi connectivity index (χ0) is 11.8. The van der Waals surface area contributed by atoms with Crippen LogP contribution in [0.1, 0.15) is 32.3 Å². The molecule has 0 aliphatic heterocycles. The van der Waals surface area contributed by atoms with Crippen LogP contribution in [-0.4, -0.2) is 10.9 Å². The largest absolute Gasteiger partial charge is 0.490 e. The van der Waals surface area contributed by atoms with Gasteiger partial charge in [0.05, 0.1) is 0 Å². The number of hydrogen-bond acceptors (Lipinski definition) is 1. The van der Waals surface area contributed by atoms with Crippen LogP contribution in [0.4, 0.5) is 0 Å². The second kappa shape index (κ2) is 4.40. The van der Waals surface area contributed by atoms with E-state index in [0.29, 0.717) is 10.9 Å². The first-order chi connectivity index (χ1) is 7.58. The molecule has 1 aliphatic rings. The Kier molecular flexibility index (Phi) is 3.29. The maximum Gasteiger partial charge on any atom is 0.122 e. The van der Waals surface area contributed by atoms with Crippen LogP contribution in [0, 0.1) is 12.3 Å². The van der Waals surface area contributed by atoms with Gasteiger partial charge in [0, 0.05) is 10.2 Å². The monoisotopic (exact) mass is 282 g/mol. The van der Waals surface area contributed by atoms with Crippen LogP contribution in [0.2, 0.25) is 0 Å². The minimum atomic E-state index is 0.280. The molecule has 1 aromatic carbocycles. The molecule has 3 unspecified atom stereocenters. The number of benzene rings is 1. The lowest BCUT2D eigenvalue weighted by Gasteiger charge is -2.50. The number of hydrogen-bond donors (Lipinski definition) is 0. The Morgan fingerprint density at radius 3 is 2.69 bits per heavy atom. The van der Waals surface area contributed by atoms with E-state index in [9.17, 15) is 0 Å². The maximum atomic E-state index is 6.13. The molecular weight excluding hydrogens is 264 g/mol. The van der Waals surface area contributed by atoms with Crippen LogP contribution in [0.15, 0.2) is 24.3 Å². The first-order valence-corrected chi connectivity index (χ1v) is 6.86. The van der Waals surface area contributed by atoms with E-state index in [-0.39, 0.29) is 5.41 Å². The molecule has 1 saturated carbocycles. The smallest absolute Gasteiger partial charge is 0.122 e. The lowest BCUT2D eigenvalue weighted by atomic mass is 9.65. The summed E-state index contributed by atoms with van der Waals surface area (Å²) in [5, 5.41) is 0. The molecule has 0 aromatic heterocycles. The Morgan fingerprint density at radius 1 is 1.44 bits per heavy atom. The van der Waals surface area contributed by atoms with Gasteiger partial charge in [0.25, 0.3) is 0 Å². The van der Waals surface area contributed by atoms with E-state index in [2.05, 4.69) is 54.9 Å². The summed E-state index contributed by atoms with van der Waals surface area (Å²) in [5.74, 6) is 1.03. The van der Waals surface area contributed by atoms with Crippen LogP contribution in [0.25, 0.3) is 0 Å². The fourth-order valence-corrected chi connectivity index (χ4v) is 3.20. The highest BCUT2D eigenvalue weighted by atomic mass is 79.9. The second-order valence-electron chi connectivity index (χ2n) is 4.93. The van der Waals surface area contributed by atoms with Crippen molar-refractivity contribution >= 4 is 15.9 Å². The molecule has 88 valence electrons. The number of aryl methyl sites for hydroxylation is 1. The SMILES string of the molecule is CCC1(C)C(Br)CC1Oc1ccccc1C. The van der Waals surface area contributed by atoms with Gasteiger partial charge in [0.2, 0.25) is 0 Å². The minimum absolute atomic E-state index is 0.280. The normalized spacial score (nSPS) is 33.2. The summed E-state index contributed by atoms with van der Waals surface area (Å²) < 4.78 is 6.13. The highest BCUT2D eigenvalue weighted by Gasteiger charge is 2.50. The average molecular weight is 283 g/mol. The van der Waals surface area contributed by atoms with Gasteiger partial charge in [0.15, 0.2) is 0 Å². The first-order valence-electron chi connectivity index (χ1n) is 5.94. The predicted octanol–water partition coefficient (Wildman–Crippen LogP) is 4.33. The lowest BCUT2D eigenvalue weighted by molar-refractivity contribution is -0.0247. The van der Waals surface area contributed by atoms with Gasteiger partial charge in [-0.05, 0) is 31.4 Å². The number of alkyl halides is 1. The Bertz CT molecular complexity index is 377. The van der Waals surface area contributed by atoms with Crippen molar-refractivity contribution in [2.45, 2.75) is 44.5 Å². The van der Waals surface area contributed by atoms with Gasteiger partial charge in [-0.15, -0.1) is 0 Å². The Labute approximate surface area is 106 Å². The van der Waals surface area contributed by atoms with Crippen LogP contribution in [0.3, 0.4) is 0 Å². The van der Waals surface area contributed by atoms with Crippen LogP contribution in [0.5, 0.6) is 5.75 Å². The van der Waals surface area contributed by atoms with Gasteiger partial charge >= 0.3 is 0 Å². The van der Waals surface area contributed by atoms with Crippen molar-refractivity contribution in [2.75, 3.05) is 0 Å². The third-order valence-corrected chi connectivity index (χ3v) is 5.42. The number of halogens is 1. The van der Waals surface area contributed by atoms with Crippen LogP contribution in [-0.2, 0) is 0 Å². The summed E-state index contributed by atoms with van der Waals surface area (Å²) in [6.45, 7) is 6.64. The van der Waals surface area contributed by atoms with E-state index in [1.807, 2.05) is 6.07 Å². The fraction of sp³-hybridized carbons (Fsp3) is 0.571. The van der Waals surface area contributed by atoms with Crippen molar-refractivity contribution in [3.63, 3.8) is 0 Å². The molecule has 0 saturated heterocycles. The van der Waals surface area contributed by atoms with Gasteiger partial charge in [-0.3, -0.25) is 0 Å². The molecule has 0 amide bonds. The van der Waals surface area contributed by atoms with Crippen LogP contribution >= 0.6 is 15.9 Å². The Morgan fingerprint density at radius 2 is 2.12 bits per heavy atom. The highest BCUT2D eigenvalue weighted by Crippen LogP contribution is 2.50. The standard InChI is InChI=1S/C14H19BrO/c1-4-14(3)12(15)9-13(14)16-11-8-6-5-7-10(11)2/h5-8,12-13H,4,9H2,1-3H3. The molecule has 0 radical (unpaired) electrons. The zero-order valence-corrected chi connectivity index (χ0v) is 11.8. The zero-order valence-electron chi connectivity index (χ0n) is 10.2. The summed E-state index contributed by atoms with van der Waals surface area (Å²) in [6.07, 6.45) is 2.61. The van der Waals surface area contributed by atoms with Crippen molar-refractivity contribution < 1.29 is 4.74 Å². The molecule has 0 N–H and O–H groups in total. The Hall–Kier alpha value is -0.500. The molecule has 0 heterocycles. The third-order valence-electron chi connectivity index (χ3n) is 4.00. The van der Waals surface area contributed by atoms with E-state index in [1.54, 1.807) is 0 Å². The molecule has 1 aliphatic carbocycles. The lowest BCUT2D eigenvalue weighted by Crippen LogP contribution is -2.54. The first kappa shape index (κ1) is 12.0. The number of para-hydroxylation sites is 1. The molecule has 1 nitrogen and oxygen atoms in total. The van der Waals surface area contributed by atoms with Crippen molar-refractivity contribution in [2.24, 2.45) is 5.41 Å². The van der Waals surface area contributed by atoms with E-state index in [4.69, 9.17) is 4.74 Å². The summed E-state index contributed by atoms with van der Waals surface area (Å²) in [6, 6.07) is 8.25. The highest BCUT2D eigenvalue weighted by molar-refractivity contribution is 9.09. The molecular formula is C14H19BrO. The van der Waals surface area contributed by atoms with Crippen molar-refractivity contribution in [1.82, 2.24) is 0 Å². The summed E-state index contributed by atoms with van der Waals surface area (Å²) >= 11 is 3.74. The van der Waals surface area contributed by atoms with Crippen molar-refractivity contribution in [1.29, 1.82) is 0 Å². The average Bonchev–Trinajstić information content (AvgIpc) is 2.30. The van der Waals surface area contributed by atoms with E-state index >= 15 is 0 Å². The van der Waals surface area contributed by atoms with E-state index in [1.165, 1.54) is 5.56 Å². The minimum Gasteiger partial charge on any atom is -0.490 e. The second-order valence-corrected chi connectivity index (χ2v) is 6.04. The molecule has 0 bridgehead atoms. The van der Waals surface area contributed by atoms with Crippen LogP contribution < -0.4 is 4.74 Å². The topological polar surface area (TPSA) is 9.23 Å². The van der Waals surface area contributed by atoms with E-state index in [0.717, 1.165) is 18.6 Å². The number of rotatable bonds is 3. The van der Waals surface area contributed by atoms with Crippen molar-refractivity contribution in [3.8, 4) is 5.75 Å². The molecule has 0 spiro atoms. The van der Waals surface area contributed by atoms with Gasteiger partial charge in [-0.1, -0.05) is 48.0 Å². The maximum absolute atomic E-state index is 6.13. The van der Waals surface area contributed by atoms with Gasteiger partial charge in [-0.25, -0.2) is 0 Å². The number of ether oxygens (including phenoxy) is 1. The quantitative estimate of drug-likeness (QED) is 0.750. The van der Waals surface area contributed by atoms with E-state index < -0.39 is 0 Å². The molecule has 2 heteroatoms. The molecule has 16 heavy (non-hydrogen) atoms. The summed E-state index contributed by atoms with van der Waals surface area (Å²) in [7, 11) is 0. The molecule has 1 fully saturated rings. The molecule has 1 aromatic rings. The molecule has 2 rings (SSSR count). The molecule has 3 atom stereocenters. The summed E-state index contributed by atoms with van der Waals surface area (Å²) in [5.41, 5.74) is 1.50. The Balaban J connectivity index is 2.10.